The highest BCUT2D eigenvalue weighted by molar-refractivity contribution is 6.37. The highest BCUT2D eigenvalue weighted by atomic mass is 19.1. The molecule has 2 heterocycles. The number of Topliss-reactive ketones (excluding diaryl/α,β-unsaturated/α-hetero) is 2. The Bertz CT molecular complexity index is 1380. The molecule has 2 fully saturated rings. The van der Waals surface area contributed by atoms with Gasteiger partial charge in [0.2, 0.25) is 29.0 Å². The number of carbonyl (C=O) groups is 4. The number of hydrogen-bond donors (Lipinski definition) is 0. The van der Waals surface area contributed by atoms with Gasteiger partial charge in [0, 0.05) is 11.1 Å². The molecule has 168 valence electrons. The van der Waals surface area contributed by atoms with Crippen LogP contribution < -0.4 is 4.90 Å². The van der Waals surface area contributed by atoms with Crippen molar-refractivity contribution in [2.75, 3.05) is 4.90 Å². The van der Waals surface area contributed by atoms with Crippen LogP contribution in [0.1, 0.15) is 37.9 Å². The molecule has 0 bridgehead atoms. The molecule has 0 radical (unpaired) electrons. The normalized spacial score (nSPS) is 24.8. The number of carbonyl (C=O) groups excluding carboxylic acids is 4. The van der Waals surface area contributed by atoms with Crippen LogP contribution >= 0.6 is 0 Å². The lowest BCUT2D eigenvalue weighted by Crippen LogP contribution is -2.51. The molecule has 2 saturated heterocycles. The third kappa shape index (κ3) is 2.47. The molecule has 1 spiro atoms. The molecule has 2 aliphatic heterocycles. The summed E-state index contributed by atoms with van der Waals surface area (Å²) in [4.78, 5) is 55.5. The summed E-state index contributed by atoms with van der Waals surface area (Å²) < 4.78 is 20.9. The third-order valence-electron chi connectivity index (χ3n) is 7.02. The second-order valence-corrected chi connectivity index (χ2v) is 8.86. The van der Waals surface area contributed by atoms with Crippen molar-refractivity contribution in [3.8, 4) is 0 Å². The number of fused-ring (bicyclic) bond motifs is 3. The third-order valence-corrected chi connectivity index (χ3v) is 7.02. The molecule has 34 heavy (non-hydrogen) atoms. The number of amides is 2. The molecule has 0 aromatic heterocycles. The molecule has 0 unspecified atom stereocenters. The summed E-state index contributed by atoms with van der Waals surface area (Å²) in [6.07, 6.45) is -1.03. The van der Waals surface area contributed by atoms with Gasteiger partial charge in [0.25, 0.3) is 0 Å². The molecule has 3 aromatic carbocycles. The van der Waals surface area contributed by atoms with Crippen LogP contribution in [0.2, 0.25) is 0 Å². The molecule has 0 N–H and O–H groups in total. The summed E-state index contributed by atoms with van der Waals surface area (Å²) in [5.74, 6) is -6.11. The van der Waals surface area contributed by atoms with E-state index < -0.39 is 52.7 Å². The Morgan fingerprint density at radius 1 is 0.794 bits per heavy atom. The molecule has 0 saturated carbocycles. The number of benzene rings is 3. The van der Waals surface area contributed by atoms with Gasteiger partial charge in [-0.05, 0) is 24.6 Å². The maximum absolute atomic E-state index is 14.7. The van der Waals surface area contributed by atoms with Crippen LogP contribution in [0.4, 0.5) is 10.1 Å². The largest absolute Gasteiger partial charge is 0.349 e. The van der Waals surface area contributed by atoms with Gasteiger partial charge in [0.15, 0.2) is 0 Å². The van der Waals surface area contributed by atoms with Crippen LogP contribution in [0.3, 0.4) is 0 Å². The van der Waals surface area contributed by atoms with Crippen LogP contribution in [-0.4, -0.2) is 29.0 Å². The lowest BCUT2D eigenvalue weighted by atomic mass is 9.77. The van der Waals surface area contributed by atoms with Crippen molar-refractivity contribution in [3.05, 3.63) is 101 Å². The highest BCUT2D eigenvalue weighted by Crippen LogP contribution is 2.57. The minimum atomic E-state index is -2.17. The first kappa shape index (κ1) is 20.6. The zero-order valence-electron chi connectivity index (χ0n) is 18.0. The summed E-state index contributed by atoms with van der Waals surface area (Å²) in [6.45, 7) is 1.90. The fourth-order valence-corrected chi connectivity index (χ4v) is 5.44. The van der Waals surface area contributed by atoms with Gasteiger partial charge in [0.05, 0.1) is 23.6 Å². The van der Waals surface area contributed by atoms with E-state index in [-0.39, 0.29) is 16.8 Å². The van der Waals surface area contributed by atoms with E-state index in [0.29, 0.717) is 5.56 Å². The van der Waals surface area contributed by atoms with Crippen LogP contribution in [-0.2, 0) is 14.3 Å². The molecular weight excluding hydrogens is 437 g/mol. The van der Waals surface area contributed by atoms with Gasteiger partial charge in [-0.3, -0.25) is 19.2 Å². The Kier molecular flexibility index (Phi) is 4.25. The number of ether oxygens (including phenoxy) is 1. The number of ketones is 2. The summed E-state index contributed by atoms with van der Waals surface area (Å²) >= 11 is 0. The first-order valence-corrected chi connectivity index (χ1v) is 10.9. The van der Waals surface area contributed by atoms with Crippen molar-refractivity contribution in [3.63, 3.8) is 0 Å². The summed E-state index contributed by atoms with van der Waals surface area (Å²) in [5, 5.41) is 0. The van der Waals surface area contributed by atoms with Crippen LogP contribution in [0.25, 0.3) is 0 Å². The van der Waals surface area contributed by atoms with Gasteiger partial charge in [-0.15, -0.1) is 0 Å². The van der Waals surface area contributed by atoms with Crippen LogP contribution in [0, 0.1) is 24.6 Å². The van der Waals surface area contributed by atoms with Crippen molar-refractivity contribution >= 4 is 29.1 Å². The van der Waals surface area contributed by atoms with Gasteiger partial charge in [0.1, 0.15) is 5.82 Å². The first-order valence-electron chi connectivity index (χ1n) is 10.9. The standard InChI is InChI=1S/C27H18FNO5/c1-14-10-12-15(13-11-14)22-20-21(26(33)29(25(20)32)19-9-5-4-8-18(19)28)27(34-22)23(30)16-6-2-3-7-17(16)24(27)31/h2-13,20-22H,1H3/t20-,21+,22-/m0/s1. The molecular formula is C27H18FNO5. The van der Waals surface area contributed by atoms with Crippen LogP contribution in [0.15, 0.2) is 72.8 Å². The molecule has 2 amide bonds. The SMILES string of the molecule is Cc1ccc([C@@H]2OC3(C(=O)c4ccccc4C3=O)[C@H]3C(=O)N(c4ccccc4F)C(=O)[C@H]23)cc1. The number of rotatable bonds is 2. The van der Waals surface area contributed by atoms with Crippen molar-refractivity contribution in [1.29, 1.82) is 0 Å². The number of hydrogen-bond acceptors (Lipinski definition) is 5. The van der Waals surface area contributed by atoms with E-state index in [0.717, 1.165) is 16.5 Å². The summed E-state index contributed by atoms with van der Waals surface area (Å²) in [7, 11) is 0. The number of halogens is 1. The van der Waals surface area contributed by atoms with Crippen LogP contribution in [0.5, 0.6) is 0 Å². The number of aryl methyl sites for hydroxylation is 1. The topological polar surface area (TPSA) is 80.8 Å². The Morgan fingerprint density at radius 2 is 1.38 bits per heavy atom. The fourth-order valence-electron chi connectivity index (χ4n) is 5.44. The lowest BCUT2D eigenvalue weighted by molar-refractivity contribution is -0.127. The quantitative estimate of drug-likeness (QED) is 0.433. The van der Waals surface area contributed by atoms with Crippen molar-refractivity contribution in [1.82, 2.24) is 0 Å². The maximum atomic E-state index is 14.7. The molecule has 7 heteroatoms. The number of anilines is 1. The second kappa shape index (κ2) is 7.01. The van der Waals surface area contributed by atoms with E-state index in [4.69, 9.17) is 4.74 Å². The minimum Gasteiger partial charge on any atom is -0.349 e. The molecule has 1 aliphatic carbocycles. The molecule has 3 atom stereocenters. The molecule has 6 rings (SSSR count). The average Bonchev–Trinajstić information content (AvgIpc) is 3.40. The minimum absolute atomic E-state index is 0.153. The Hall–Kier alpha value is -3.97. The summed E-state index contributed by atoms with van der Waals surface area (Å²) in [5.41, 5.74) is -0.543. The number of nitrogens with zero attached hydrogens (tertiary/aromatic N) is 1. The van der Waals surface area contributed by atoms with E-state index >= 15 is 0 Å². The summed E-state index contributed by atoms with van der Waals surface area (Å²) in [6, 6.07) is 18.8. The highest BCUT2D eigenvalue weighted by Gasteiger charge is 2.74. The van der Waals surface area contributed by atoms with Gasteiger partial charge in [-0.25, -0.2) is 9.29 Å². The van der Waals surface area contributed by atoms with E-state index in [2.05, 4.69) is 0 Å². The predicted molar refractivity (Wildman–Crippen MR) is 119 cm³/mol. The Morgan fingerprint density at radius 3 is 2.00 bits per heavy atom. The monoisotopic (exact) mass is 455 g/mol. The molecule has 3 aliphatic rings. The predicted octanol–water partition coefficient (Wildman–Crippen LogP) is 3.83. The zero-order valence-corrected chi connectivity index (χ0v) is 18.0. The van der Waals surface area contributed by atoms with Crippen molar-refractivity contribution < 1.29 is 28.3 Å². The zero-order chi connectivity index (χ0) is 23.8. The fraction of sp³-hybridized carbons (Fsp3) is 0.185. The maximum Gasteiger partial charge on any atom is 0.241 e. The van der Waals surface area contributed by atoms with Gasteiger partial charge in [-0.1, -0.05) is 66.2 Å². The average molecular weight is 455 g/mol. The lowest BCUT2D eigenvalue weighted by Gasteiger charge is -2.27. The second-order valence-electron chi connectivity index (χ2n) is 8.86. The van der Waals surface area contributed by atoms with Gasteiger partial charge >= 0.3 is 0 Å². The molecule has 6 nitrogen and oxygen atoms in total. The number of para-hydroxylation sites is 1. The van der Waals surface area contributed by atoms with Gasteiger partial charge in [-0.2, -0.15) is 0 Å². The van der Waals surface area contributed by atoms with Crippen molar-refractivity contribution in [2.45, 2.75) is 18.6 Å². The van der Waals surface area contributed by atoms with E-state index in [1.54, 1.807) is 24.3 Å². The van der Waals surface area contributed by atoms with E-state index in [9.17, 15) is 23.6 Å². The smallest absolute Gasteiger partial charge is 0.241 e. The number of imide groups is 1. The molecule has 3 aromatic rings. The van der Waals surface area contributed by atoms with Gasteiger partial charge < -0.3 is 4.74 Å². The van der Waals surface area contributed by atoms with E-state index in [1.165, 1.54) is 30.3 Å². The Balaban J connectivity index is 1.56. The first-order chi connectivity index (χ1) is 16.4. The van der Waals surface area contributed by atoms with E-state index in [1.807, 2.05) is 19.1 Å². The Labute approximate surface area is 193 Å². The van der Waals surface area contributed by atoms with Crippen molar-refractivity contribution in [2.24, 2.45) is 11.8 Å².